The van der Waals surface area contributed by atoms with Crippen molar-refractivity contribution in [3.05, 3.63) is 35.9 Å². The van der Waals surface area contributed by atoms with Crippen LogP contribution in [0.25, 0.3) is 0 Å². The average Bonchev–Trinajstić information content (AvgIpc) is 2.32. The highest BCUT2D eigenvalue weighted by atomic mass is 16.2. The molecule has 3 nitrogen and oxygen atoms in total. The van der Waals surface area contributed by atoms with E-state index in [1.165, 1.54) is 6.21 Å². The van der Waals surface area contributed by atoms with Gasteiger partial charge in [0.15, 0.2) is 0 Å². The first-order chi connectivity index (χ1) is 8.98. The van der Waals surface area contributed by atoms with E-state index >= 15 is 0 Å². The molecule has 1 aliphatic rings. The first-order valence-electron chi connectivity index (χ1n) is 6.57. The second kappa shape index (κ2) is 5.47. The Balaban J connectivity index is 1.99. The van der Waals surface area contributed by atoms with Crippen molar-refractivity contribution in [2.45, 2.75) is 33.2 Å². The number of hydrogen-bond acceptors (Lipinski definition) is 3. The topological polar surface area (TPSA) is 46.5 Å². The minimum absolute atomic E-state index is 0.00179. The van der Waals surface area contributed by atoms with Crippen LogP contribution in [-0.4, -0.2) is 17.8 Å². The van der Waals surface area contributed by atoms with Gasteiger partial charge in [0.1, 0.15) is 17.5 Å². The molecular formula is C16H19NO2. The third kappa shape index (κ3) is 3.60. The maximum Gasteiger partial charge on any atom is 0.149 e. The molecule has 1 aromatic carbocycles. The van der Waals surface area contributed by atoms with Gasteiger partial charge >= 0.3 is 0 Å². The van der Waals surface area contributed by atoms with Crippen molar-refractivity contribution in [3.8, 4) is 0 Å². The molecule has 19 heavy (non-hydrogen) atoms. The summed E-state index contributed by atoms with van der Waals surface area (Å²) in [6.07, 6.45) is 2.45. The van der Waals surface area contributed by atoms with Crippen molar-refractivity contribution in [3.63, 3.8) is 0 Å². The van der Waals surface area contributed by atoms with Crippen LogP contribution in [0, 0.1) is 11.3 Å². The smallest absolute Gasteiger partial charge is 0.149 e. The second-order valence-corrected chi connectivity index (χ2v) is 5.90. The molecule has 0 bridgehead atoms. The average molecular weight is 257 g/mol. The van der Waals surface area contributed by atoms with E-state index in [9.17, 15) is 9.59 Å². The number of benzene rings is 1. The number of Topliss-reactive ketones (excluding diaryl/α,β-unsaturated/α-hetero) is 2. The van der Waals surface area contributed by atoms with Gasteiger partial charge in [-0.05, 0) is 11.0 Å². The molecule has 0 aliphatic heterocycles. The molecule has 0 unspecified atom stereocenters. The largest absolute Gasteiger partial charge is 0.298 e. The van der Waals surface area contributed by atoms with Gasteiger partial charge in [0, 0.05) is 19.1 Å². The van der Waals surface area contributed by atoms with Gasteiger partial charge in [-0.25, -0.2) is 0 Å². The van der Waals surface area contributed by atoms with Crippen molar-refractivity contribution in [2.24, 2.45) is 16.3 Å². The standard InChI is InChI=1S/C16H19NO2/c1-16(2)8-14(18)13(15(19)9-16)11-17-10-12-6-4-3-5-7-12/h3-7,11,13H,8-10H2,1-2H3. The predicted octanol–water partition coefficient (Wildman–Crippen LogP) is 2.83. The highest BCUT2D eigenvalue weighted by Crippen LogP contribution is 2.33. The number of carbonyl (C=O) groups is 2. The Morgan fingerprint density at radius 2 is 1.74 bits per heavy atom. The fraction of sp³-hybridized carbons (Fsp3) is 0.438. The van der Waals surface area contributed by atoms with Crippen LogP contribution in [0.2, 0.25) is 0 Å². The Bertz CT molecular complexity index is 483. The number of ketones is 2. The maximum absolute atomic E-state index is 12.0. The highest BCUT2D eigenvalue weighted by Gasteiger charge is 2.38. The molecule has 3 heteroatoms. The molecule has 0 aromatic heterocycles. The summed E-state index contributed by atoms with van der Waals surface area (Å²) in [4.78, 5) is 28.1. The summed E-state index contributed by atoms with van der Waals surface area (Å²) < 4.78 is 0. The minimum Gasteiger partial charge on any atom is -0.298 e. The molecule has 0 radical (unpaired) electrons. The molecule has 100 valence electrons. The summed E-state index contributed by atoms with van der Waals surface area (Å²) in [6, 6.07) is 9.80. The van der Waals surface area contributed by atoms with Crippen molar-refractivity contribution in [2.75, 3.05) is 0 Å². The minimum atomic E-state index is -0.628. The van der Waals surface area contributed by atoms with Crippen LogP contribution in [-0.2, 0) is 16.1 Å². The quantitative estimate of drug-likeness (QED) is 0.617. The SMILES string of the molecule is CC1(C)CC(=O)C(C=NCc2ccccc2)C(=O)C1. The fourth-order valence-corrected chi connectivity index (χ4v) is 2.42. The number of rotatable bonds is 3. The van der Waals surface area contributed by atoms with E-state index in [2.05, 4.69) is 4.99 Å². The number of hydrogen-bond donors (Lipinski definition) is 0. The van der Waals surface area contributed by atoms with Crippen LogP contribution >= 0.6 is 0 Å². The van der Waals surface area contributed by atoms with Crippen molar-refractivity contribution in [1.29, 1.82) is 0 Å². The summed E-state index contributed by atoms with van der Waals surface area (Å²) in [5.41, 5.74) is 0.882. The summed E-state index contributed by atoms with van der Waals surface area (Å²) in [5, 5.41) is 0. The number of aliphatic imine (C=N–C) groups is 1. The van der Waals surface area contributed by atoms with Crippen molar-refractivity contribution >= 4 is 17.8 Å². The second-order valence-electron chi connectivity index (χ2n) is 5.90. The molecule has 0 spiro atoms. The Morgan fingerprint density at radius 1 is 1.16 bits per heavy atom. The van der Waals surface area contributed by atoms with Crippen molar-refractivity contribution < 1.29 is 9.59 Å². The van der Waals surface area contributed by atoms with Crippen LogP contribution in [0.5, 0.6) is 0 Å². The number of carbonyl (C=O) groups excluding carboxylic acids is 2. The fourth-order valence-electron chi connectivity index (χ4n) is 2.42. The summed E-state index contributed by atoms with van der Waals surface area (Å²) in [7, 11) is 0. The predicted molar refractivity (Wildman–Crippen MR) is 75.2 cm³/mol. The maximum atomic E-state index is 12.0. The lowest BCUT2D eigenvalue weighted by atomic mass is 9.72. The molecule has 1 aromatic rings. The van der Waals surface area contributed by atoms with Gasteiger partial charge in [-0.15, -0.1) is 0 Å². The van der Waals surface area contributed by atoms with E-state index in [-0.39, 0.29) is 17.0 Å². The van der Waals surface area contributed by atoms with E-state index in [1.54, 1.807) is 0 Å². The third-order valence-electron chi connectivity index (χ3n) is 3.37. The number of nitrogens with zero attached hydrogens (tertiary/aromatic N) is 1. The van der Waals surface area contributed by atoms with Crippen LogP contribution < -0.4 is 0 Å². The molecule has 0 N–H and O–H groups in total. The third-order valence-corrected chi connectivity index (χ3v) is 3.37. The summed E-state index contributed by atoms with van der Waals surface area (Å²) in [6.45, 7) is 4.43. The van der Waals surface area contributed by atoms with Crippen molar-refractivity contribution in [1.82, 2.24) is 0 Å². The molecule has 0 heterocycles. The molecule has 1 aliphatic carbocycles. The lowest BCUT2D eigenvalue weighted by molar-refractivity contribution is -0.136. The zero-order valence-electron chi connectivity index (χ0n) is 11.4. The molecule has 0 amide bonds. The first kappa shape index (κ1) is 13.7. The van der Waals surface area contributed by atoms with Gasteiger partial charge < -0.3 is 0 Å². The normalized spacial score (nSPS) is 20.1. The Labute approximate surface area is 113 Å². The van der Waals surface area contributed by atoms with E-state index in [0.29, 0.717) is 19.4 Å². The van der Waals surface area contributed by atoms with Crippen LogP contribution in [0.4, 0.5) is 0 Å². The van der Waals surface area contributed by atoms with E-state index in [4.69, 9.17) is 0 Å². The van der Waals surface area contributed by atoms with E-state index in [1.807, 2.05) is 44.2 Å². The van der Waals surface area contributed by atoms with Gasteiger partial charge in [-0.1, -0.05) is 44.2 Å². The van der Waals surface area contributed by atoms with Gasteiger partial charge in [0.2, 0.25) is 0 Å². The van der Waals surface area contributed by atoms with Gasteiger partial charge in [-0.2, -0.15) is 0 Å². The van der Waals surface area contributed by atoms with Crippen LogP contribution in [0.1, 0.15) is 32.3 Å². The van der Waals surface area contributed by atoms with E-state index < -0.39 is 5.92 Å². The lowest BCUT2D eigenvalue weighted by Gasteiger charge is -2.30. The zero-order valence-corrected chi connectivity index (χ0v) is 11.4. The summed E-state index contributed by atoms with van der Waals surface area (Å²) in [5.74, 6) is -0.632. The van der Waals surface area contributed by atoms with Gasteiger partial charge in [-0.3, -0.25) is 14.6 Å². The highest BCUT2D eigenvalue weighted by molar-refractivity contribution is 6.16. The molecular weight excluding hydrogens is 238 g/mol. The van der Waals surface area contributed by atoms with Gasteiger partial charge in [0.25, 0.3) is 0 Å². The monoisotopic (exact) mass is 257 g/mol. The Morgan fingerprint density at radius 3 is 2.32 bits per heavy atom. The molecule has 1 saturated carbocycles. The Hall–Kier alpha value is -1.77. The molecule has 0 atom stereocenters. The zero-order chi connectivity index (χ0) is 13.9. The van der Waals surface area contributed by atoms with Crippen LogP contribution in [0.3, 0.4) is 0 Å². The molecule has 0 saturated heterocycles. The Kier molecular flexibility index (Phi) is 3.93. The molecule has 1 fully saturated rings. The lowest BCUT2D eigenvalue weighted by Crippen LogP contribution is -2.38. The summed E-state index contributed by atoms with van der Waals surface area (Å²) >= 11 is 0. The molecule has 2 rings (SSSR count). The first-order valence-corrected chi connectivity index (χ1v) is 6.57. The van der Waals surface area contributed by atoms with Gasteiger partial charge in [0.05, 0.1) is 6.54 Å². The van der Waals surface area contributed by atoms with Crippen LogP contribution in [0.15, 0.2) is 35.3 Å². The van der Waals surface area contributed by atoms with E-state index in [0.717, 1.165) is 5.56 Å².